The summed E-state index contributed by atoms with van der Waals surface area (Å²) in [5, 5.41) is 10.2. The van der Waals surface area contributed by atoms with Crippen molar-refractivity contribution >= 4 is 28.9 Å². The number of hydrogen-bond acceptors (Lipinski definition) is 3. The summed E-state index contributed by atoms with van der Waals surface area (Å²) in [6.45, 7) is 5.20. The minimum Gasteiger partial charge on any atom is -0.477 e. The van der Waals surface area contributed by atoms with Gasteiger partial charge in [-0.05, 0) is 43.2 Å². The molecule has 1 aliphatic carbocycles. The number of benzene rings is 2. The lowest BCUT2D eigenvalue weighted by atomic mass is 9.82. The Labute approximate surface area is 223 Å². The first-order valence-corrected chi connectivity index (χ1v) is 14.4. The predicted octanol–water partition coefficient (Wildman–Crippen LogP) is 5.52. The monoisotopic (exact) mass is 517 g/mol. The summed E-state index contributed by atoms with van der Waals surface area (Å²) in [5.41, 5.74) is 2.91. The Morgan fingerprint density at radius 2 is 1.54 bits per heavy atom. The highest BCUT2D eigenvalue weighted by Crippen LogP contribution is 2.40. The maximum absolute atomic E-state index is 14.1. The lowest BCUT2D eigenvalue weighted by molar-refractivity contribution is -0.918. The summed E-state index contributed by atoms with van der Waals surface area (Å²) in [5.74, 6) is -0.192. The summed E-state index contributed by atoms with van der Waals surface area (Å²) >= 11 is 1.28. The first kappa shape index (κ1) is 25.7. The maximum atomic E-state index is 14.1. The molecule has 0 spiro atoms. The standard InChI is InChI=1S/C31H36N2O3S/c1-22-12-14-25(15-13-22)30(34)33(26-16-18-32(19-17-26)21-23-8-4-2-5-9-23)27-20-28(37-29(27)31(35)36)24-10-6-3-7-11-24/h2-11,20,22,25-26H,12-19,21H2,1H3,(H,35,36)/p+1. The maximum Gasteiger partial charge on any atom is 0.348 e. The topological polar surface area (TPSA) is 62.0 Å². The van der Waals surface area contributed by atoms with E-state index in [4.69, 9.17) is 0 Å². The fraction of sp³-hybridized carbons (Fsp3) is 0.419. The Balaban J connectivity index is 1.43. The molecule has 1 saturated carbocycles. The summed E-state index contributed by atoms with van der Waals surface area (Å²) < 4.78 is 0. The van der Waals surface area contributed by atoms with Crippen LogP contribution in [0.3, 0.4) is 0 Å². The van der Waals surface area contributed by atoms with E-state index in [9.17, 15) is 14.7 Å². The normalized spacial score (nSPS) is 23.9. The van der Waals surface area contributed by atoms with Gasteiger partial charge >= 0.3 is 5.97 Å². The van der Waals surface area contributed by atoms with Gasteiger partial charge in [0.2, 0.25) is 5.91 Å². The van der Waals surface area contributed by atoms with Crippen LogP contribution in [0.2, 0.25) is 0 Å². The highest BCUT2D eigenvalue weighted by atomic mass is 32.1. The van der Waals surface area contributed by atoms with E-state index in [0.717, 1.165) is 68.6 Å². The van der Waals surface area contributed by atoms with E-state index in [-0.39, 0.29) is 22.7 Å². The molecular weight excluding hydrogens is 480 g/mol. The number of nitrogens with zero attached hydrogens (tertiary/aromatic N) is 1. The number of piperidine rings is 1. The van der Waals surface area contributed by atoms with Crippen molar-refractivity contribution in [2.24, 2.45) is 11.8 Å². The van der Waals surface area contributed by atoms with Crippen molar-refractivity contribution in [2.75, 3.05) is 18.0 Å². The van der Waals surface area contributed by atoms with Gasteiger partial charge < -0.3 is 14.9 Å². The number of rotatable bonds is 7. The molecule has 2 N–H and O–H groups in total. The van der Waals surface area contributed by atoms with Gasteiger partial charge in [-0.1, -0.05) is 67.6 Å². The van der Waals surface area contributed by atoms with E-state index in [1.54, 1.807) is 0 Å². The van der Waals surface area contributed by atoms with Gasteiger partial charge in [-0.2, -0.15) is 0 Å². The van der Waals surface area contributed by atoms with E-state index >= 15 is 0 Å². The fourth-order valence-electron chi connectivity index (χ4n) is 5.99. The molecular formula is C31H37N2O3S+. The number of amides is 1. The molecule has 1 amide bonds. The minimum atomic E-state index is -0.954. The van der Waals surface area contributed by atoms with E-state index in [1.165, 1.54) is 21.8 Å². The van der Waals surface area contributed by atoms with E-state index in [2.05, 4.69) is 31.2 Å². The Morgan fingerprint density at radius 3 is 2.16 bits per heavy atom. The molecule has 6 heteroatoms. The zero-order chi connectivity index (χ0) is 25.8. The second-order valence-corrected chi connectivity index (χ2v) is 11.9. The minimum absolute atomic E-state index is 0.0207. The number of carbonyl (C=O) groups excluding carboxylic acids is 1. The highest BCUT2D eigenvalue weighted by molar-refractivity contribution is 7.18. The van der Waals surface area contributed by atoms with Crippen LogP contribution < -0.4 is 9.80 Å². The van der Waals surface area contributed by atoms with Crippen molar-refractivity contribution in [2.45, 2.75) is 58.0 Å². The van der Waals surface area contributed by atoms with Crippen LogP contribution in [0.5, 0.6) is 0 Å². The molecule has 2 aromatic carbocycles. The van der Waals surface area contributed by atoms with Crippen molar-refractivity contribution in [1.29, 1.82) is 0 Å². The SMILES string of the molecule is CC1CCC(C(=O)N(c2cc(-c3ccccc3)sc2C(=O)O)C2CC[NH+](Cc3ccccc3)CC2)CC1. The smallest absolute Gasteiger partial charge is 0.348 e. The van der Waals surface area contributed by atoms with Crippen molar-refractivity contribution in [3.8, 4) is 10.4 Å². The second kappa shape index (κ2) is 11.6. The number of carbonyl (C=O) groups is 2. The van der Waals surface area contributed by atoms with Crippen LogP contribution in [0, 0.1) is 11.8 Å². The molecule has 1 aromatic heterocycles. The van der Waals surface area contributed by atoms with Crippen LogP contribution in [0.1, 0.15) is 60.7 Å². The predicted molar refractivity (Wildman–Crippen MR) is 149 cm³/mol. The third kappa shape index (κ3) is 5.97. The number of quaternary nitrogens is 1. The average molecular weight is 518 g/mol. The average Bonchev–Trinajstić information content (AvgIpc) is 3.37. The molecule has 37 heavy (non-hydrogen) atoms. The molecule has 5 nitrogen and oxygen atoms in total. The lowest BCUT2D eigenvalue weighted by Gasteiger charge is -2.39. The quantitative estimate of drug-likeness (QED) is 0.434. The van der Waals surface area contributed by atoms with Gasteiger partial charge in [-0.15, -0.1) is 11.3 Å². The molecule has 0 bridgehead atoms. The first-order valence-electron chi connectivity index (χ1n) is 13.6. The third-order valence-corrected chi connectivity index (χ3v) is 9.31. The molecule has 3 aromatic rings. The Kier molecular flexibility index (Phi) is 8.06. The van der Waals surface area contributed by atoms with E-state index in [0.29, 0.717) is 11.6 Å². The van der Waals surface area contributed by atoms with E-state index < -0.39 is 5.97 Å². The van der Waals surface area contributed by atoms with Crippen molar-refractivity contribution in [3.05, 3.63) is 77.2 Å². The molecule has 2 heterocycles. The Hall–Kier alpha value is -2.96. The van der Waals surface area contributed by atoms with Gasteiger partial charge in [0.15, 0.2) is 0 Å². The molecule has 5 rings (SSSR count). The van der Waals surface area contributed by atoms with Crippen LogP contribution in [-0.2, 0) is 11.3 Å². The van der Waals surface area contributed by atoms with Crippen LogP contribution >= 0.6 is 11.3 Å². The third-order valence-electron chi connectivity index (χ3n) is 8.15. The van der Waals surface area contributed by atoms with Crippen molar-refractivity contribution in [1.82, 2.24) is 0 Å². The fourth-order valence-corrected chi connectivity index (χ4v) is 6.98. The first-order chi connectivity index (χ1) is 18.0. The number of likely N-dealkylation sites (tertiary alicyclic amines) is 1. The largest absolute Gasteiger partial charge is 0.477 e. The number of anilines is 1. The highest BCUT2D eigenvalue weighted by Gasteiger charge is 2.38. The van der Waals surface area contributed by atoms with Gasteiger partial charge in [0.25, 0.3) is 0 Å². The van der Waals surface area contributed by atoms with Crippen LogP contribution in [0.4, 0.5) is 5.69 Å². The number of hydrogen-bond donors (Lipinski definition) is 2. The molecule has 0 unspecified atom stereocenters. The molecule has 1 aliphatic heterocycles. The number of nitrogens with one attached hydrogen (secondary N) is 1. The number of carboxylic acids is 1. The van der Waals surface area contributed by atoms with Crippen molar-refractivity contribution in [3.63, 3.8) is 0 Å². The van der Waals surface area contributed by atoms with E-state index in [1.807, 2.05) is 47.4 Å². The zero-order valence-electron chi connectivity index (χ0n) is 21.6. The molecule has 2 aliphatic rings. The van der Waals surface area contributed by atoms with Crippen molar-refractivity contribution < 1.29 is 19.6 Å². The van der Waals surface area contributed by atoms with Gasteiger partial charge in [0.05, 0.1) is 18.8 Å². The second-order valence-electron chi connectivity index (χ2n) is 10.8. The Morgan fingerprint density at radius 1 is 0.919 bits per heavy atom. The van der Waals surface area contributed by atoms with Crippen LogP contribution in [-0.4, -0.2) is 36.1 Å². The molecule has 0 atom stereocenters. The van der Waals surface area contributed by atoms with Gasteiger partial charge in [0.1, 0.15) is 11.4 Å². The van der Waals surface area contributed by atoms with Gasteiger partial charge in [-0.25, -0.2) is 4.79 Å². The lowest BCUT2D eigenvalue weighted by Crippen LogP contribution is -3.12. The summed E-state index contributed by atoms with van der Waals surface area (Å²) in [4.78, 5) is 31.2. The van der Waals surface area contributed by atoms with Gasteiger partial charge in [0, 0.05) is 35.2 Å². The molecule has 194 valence electrons. The van der Waals surface area contributed by atoms with Crippen LogP contribution in [0.25, 0.3) is 10.4 Å². The number of carboxylic acid groups (broad SMARTS) is 1. The number of aromatic carboxylic acids is 1. The summed E-state index contributed by atoms with van der Waals surface area (Å²) in [6.07, 6.45) is 5.68. The van der Waals surface area contributed by atoms with Crippen LogP contribution in [0.15, 0.2) is 66.7 Å². The Bertz CT molecular complexity index is 1190. The molecule has 0 radical (unpaired) electrons. The molecule has 1 saturated heterocycles. The summed E-state index contributed by atoms with van der Waals surface area (Å²) in [7, 11) is 0. The number of thiophene rings is 1. The zero-order valence-corrected chi connectivity index (χ0v) is 22.4. The molecule has 2 fully saturated rings. The van der Waals surface area contributed by atoms with Gasteiger partial charge in [-0.3, -0.25) is 4.79 Å². The summed E-state index contributed by atoms with van der Waals surface area (Å²) in [6, 6.07) is 22.4.